The Morgan fingerprint density at radius 2 is 1.21 bits per heavy atom. The molecule has 3 aromatic carbocycles. The minimum Gasteiger partial charge on any atom is -0.453 e. The number of allylic oxidation sites excluding steroid dienone is 3. The van der Waals surface area contributed by atoms with Crippen molar-refractivity contribution >= 4 is 51.6 Å². The van der Waals surface area contributed by atoms with Crippen LogP contribution in [0.25, 0.3) is 38.8 Å². The van der Waals surface area contributed by atoms with Gasteiger partial charge in [-0.1, -0.05) is 84.4 Å². The second kappa shape index (κ2) is 23.2. The Morgan fingerprint density at radius 1 is 0.688 bits per heavy atom. The lowest BCUT2D eigenvalue weighted by atomic mass is 9.84. The van der Waals surface area contributed by atoms with E-state index < -0.39 is 24.3 Å². The van der Waals surface area contributed by atoms with Gasteiger partial charge in [0.1, 0.15) is 29.5 Å². The topological polar surface area (TPSA) is 175 Å². The van der Waals surface area contributed by atoms with E-state index in [1.54, 1.807) is 6.07 Å². The van der Waals surface area contributed by atoms with Gasteiger partial charge in [0.2, 0.25) is 11.8 Å². The van der Waals surface area contributed by atoms with E-state index in [9.17, 15) is 19.2 Å². The van der Waals surface area contributed by atoms with Crippen LogP contribution < -0.4 is 10.6 Å². The van der Waals surface area contributed by atoms with E-state index in [0.29, 0.717) is 67.2 Å². The van der Waals surface area contributed by atoms with Crippen LogP contribution in [0.4, 0.5) is 18.4 Å². The number of methoxy groups -OCH3 is 2. The molecule has 0 unspecified atom stereocenters. The van der Waals surface area contributed by atoms with E-state index >= 15 is 8.78 Å². The fourth-order valence-corrected chi connectivity index (χ4v) is 13.6. The Labute approximate surface area is 450 Å². The largest absolute Gasteiger partial charge is 0.453 e. The lowest BCUT2D eigenvalue weighted by Crippen LogP contribution is -2.54. The van der Waals surface area contributed by atoms with Crippen molar-refractivity contribution in [1.29, 1.82) is 0 Å². The molecule has 2 aromatic heterocycles. The van der Waals surface area contributed by atoms with Crippen LogP contribution in [0.2, 0.25) is 0 Å². The molecule has 16 heteroatoms. The van der Waals surface area contributed by atoms with E-state index in [2.05, 4.69) is 32.7 Å². The molecule has 0 spiro atoms. The average Bonchev–Trinajstić information content (AvgIpc) is 4.29. The molecule has 5 aromatic rings. The number of aromatic amines is 2. The van der Waals surface area contributed by atoms with Crippen molar-refractivity contribution in [2.45, 2.75) is 173 Å². The molecule has 2 bridgehead atoms. The number of alkyl carbamates (subject to hydrolysis) is 2. The first-order chi connectivity index (χ1) is 37.3. The summed E-state index contributed by atoms with van der Waals surface area (Å²) in [5.41, 5.74) is 8.36. The molecule has 14 nitrogen and oxygen atoms in total. The first-order valence-electron chi connectivity index (χ1n) is 28.5. The number of H-pyrrole nitrogens is 2. The number of hydrogen-bond donors (Lipinski definition) is 4. The molecule has 4 amide bonds. The predicted octanol–water partition coefficient (Wildman–Crippen LogP) is 12.7. The zero-order chi connectivity index (χ0) is 54.1. The van der Waals surface area contributed by atoms with Crippen LogP contribution in [0.3, 0.4) is 0 Å². The van der Waals surface area contributed by atoms with Gasteiger partial charge in [-0.05, 0) is 170 Å². The Hall–Kier alpha value is -6.58. The smallest absolute Gasteiger partial charge is 0.407 e. The molecule has 2 saturated heterocycles. The highest BCUT2D eigenvalue weighted by Gasteiger charge is 2.50. The molecule has 2 aliphatic heterocycles. The molecular weight excluding hydrogens is 979 g/mol. The lowest BCUT2D eigenvalue weighted by molar-refractivity contribution is -0.139. The number of nitrogens with zero attached hydrogens (tertiary/aromatic N) is 4. The highest BCUT2D eigenvalue weighted by molar-refractivity contribution is 5.89. The van der Waals surface area contributed by atoms with Crippen molar-refractivity contribution in [2.24, 2.45) is 23.7 Å². The molecule has 6 aliphatic rings. The number of carbonyl (C=O) groups is 4. The number of amides is 4. The maximum absolute atomic E-state index is 16.2. The number of nitrogens with one attached hydrogen (secondary N) is 4. The molecule has 410 valence electrons. The lowest BCUT2D eigenvalue weighted by Gasteiger charge is -2.37. The third-order valence-electron chi connectivity index (χ3n) is 18.2. The summed E-state index contributed by atoms with van der Waals surface area (Å²) in [6.07, 6.45) is 15.1. The van der Waals surface area contributed by atoms with Crippen molar-refractivity contribution in [3.63, 3.8) is 0 Å². The maximum Gasteiger partial charge on any atom is 0.407 e. The molecule has 4 fully saturated rings. The van der Waals surface area contributed by atoms with Gasteiger partial charge < -0.3 is 39.9 Å². The number of benzene rings is 3. The van der Waals surface area contributed by atoms with Crippen molar-refractivity contribution in [1.82, 2.24) is 40.4 Å². The van der Waals surface area contributed by atoms with Gasteiger partial charge in [-0.15, -0.1) is 0 Å². The Morgan fingerprint density at radius 3 is 1.73 bits per heavy atom. The summed E-state index contributed by atoms with van der Waals surface area (Å²) in [7, 11) is 2.62. The fourth-order valence-electron chi connectivity index (χ4n) is 13.6. The molecule has 4 N–H and O–H groups in total. The highest BCUT2D eigenvalue weighted by atomic mass is 19.1. The number of carbonyl (C=O) groups excluding carboxylic acids is 4. The van der Waals surface area contributed by atoms with Gasteiger partial charge >= 0.3 is 12.2 Å². The van der Waals surface area contributed by atoms with E-state index in [-0.39, 0.29) is 66.5 Å². The first-order valence-corrected chi connectivity index (χ1v) is 28.5. The highest BCUT2D eigenvalue weighted by Crippen LogP contribution is 2.49. The summed E-state index contributed by atoms with van der Waals surface area (Å²) in [6.45, 7) is 7.98. The van der Waals surface area contributed by atoms with Crippen molar-refractivity contribution in [3.05, 3.63) is 101 Å². The number of hydrogen-bond acceptors (Lipinski definition) is 8. The number of aromatic nitrogens is 4. The van der Waals surface area contributed by atoms with Gasteiger partial charge in [0.05, 0.1) is 54.7 Å². The summed E-state index contributed by atoms with van der Waals surface area (Å²) in [5, 5.41) is 5.70. The van der Waals surface area contributed by atoms with Gasteiger partial charge in [-0.25, -0.2) is 28.3 Å². The van der Waals surface area contributed by atoms with Crippen LogP contribution >= 0.6 is 0 Å². The molecule has 10 atom stereocenters. The number of halogens is 2. The van der Waals surface area contributed by atoms with Gasteiger partial charge in [-0.3, -0.25) is 9.59 Å². The molecular formula is C61H76F2N8O6. The third-order valence-corrected chi connectivity index (χ3v) is 18.2. The summed E-state index contributed by atoms with van der Waals surface area (Å²) in [5.74, 6) is 1.32. The molecule has 4 heterocycles. The van der Waals surface area contributed by atoms with Crippen LogP contribution in [0.1, 0.15) is 164 Å². The van der Waals surface area contributed by atoms with Crippen molar-refractivity contribution in [2.75, 3.05) is 14.2 Å². The third kappa shape index (κ3) is 10.7. The summed E-state index contributed by atoms with van der Waals surface area (Å²) < 4.78 is 41.5. The zero-order valence-corrected chi connectivity index (χ0v) is 45.6. The number of imidazole rings is 2. The molecule has 4 aliphatic carbocycles. The maximum atomic E-state index is 16.2. The van der Waals surface area contributed by atoms with Gasteiger partial charge in [0, 0.05) is 12.1 Å². The monoisotopic (exact) mass is 1050 g/mol. The van der Waals surface area contributed by atoms with Crippen LogP contribution in [0, 0.1) is 29.5 Å². The van der Waals surface area contributed by atoms with Gasteiger partial charge in [0.25, 0.3) is 0 Å². The van der Waals surface area contributed by atoms with Crippen molar-refractivity contribution < 1.29 is 37.4 Å². The number of fused-ring (bicyclic) bond motifs is 12. The fraction of sp³-hybridized carbons (Fsp3) is 0.541. The summed E-state index contributed by atoms with van der Waals surface area (Å²) in [4.78, 5) is 75.7. The first kappa shape index (κ1) is 53.8. The average molecular weight is 1060 g/mol. The number of likely N-dealkylation sites (tertiary alicyclic amines) is 2. The molecule has 0 radical (unpaired) electrons. The van der Waals surface area contributed by atoms with E-state index in [1.165, 1.54) is 14.2 Å². The van der Waals surface area contributed by atoms with Crippen LogP contribution in [0.5, 0.6) is 0 Å². The van der Waals surface area contributed by atoms with E-state index in [0.717, 1.165) is 120 Å². The second-order valence-electron chi connectivity index (χ2n) is 22.7. The molecule has 11 rings (SSSR count). The summed E-state index contributed by atoms with van der Waals surface area (Å²) >= 11 is 0. The van der Waals surface area contributed by atoms with Gasteiger partial charge in [-0.2, -0.15) is 0 Å². The second-order valence-corrected chi connectivity index (χ2v) is 22.7. The standard InChI is InChI=1S/C61H76F2N8O6/c1-7-34(3)54(68-60(74)76-5)58(72)70-50-19-13-10-16-40(50)31-52(70)56-64-46-25-23-37(29-48(46)66-56)43-18-12-9-15-36-28-45(63)39(21-22-42(43)33-62)27-44(36)38-24-26-47-49(30-38)67-57(65-47)53-32-41-17-11-14-20-51(41)71(53)59(73)55(35(4)8-2)69-61(75)77-6/h18,23-30,33-35,40-41,50-55H,7-17,19-22,31-32H2,1-6H3,(H,64,66)(H,65,67)(H,68,74)(H,69,75)/b42-33-,43-18-/t34-,35-,40-,41-,50-,51-,52-,53-,54-,55-/m0/s1. The summed E-state index contributed by atoms with van der Waals surface area (Å²) in [6, 6.07) is 13.6. The Bertz CT molecular complexity index is 3070. The minimum absolute atomic E-state index is 0.0470. The normalized spacial score (nSPS) is 25.5. The Kier molecular flexibility index (Phi) is 16.2. The van der Waals surface area contributed by atoms with Crippen LogP contribution in [0.15, 0.2) is 66.5 Å². The van der Waals surface area contributed by atoms with Crippen molar-refractivity contribution in [3.8, 4) is 11.1 Å². The zero-order valence-electron chi connectivity index (χ0n) is 45.6. The minimum atomic E-state index is -0.740. The van der Waals surface area contributed by atoms with E-state index in [1.807, 2.05) is 73.9 Å². The quantitative estimate of drug-likeness (QED) is 0.0955. The number of ether oxygens (including phenoxy) is 2. The SMILES string of the molecule is CC[C@H](C)[C@H](NC(=O)OC)C(=O)N1[C@H](c2nc3ccc(/C4=C/CCCc5cc(F)c(cc5-c5ccc6nc([C@@H]7C[C@@H]8CCCC[C@@H]8N7C(=O)[C@@H](NC(=O)OC)[C@@H](C)CC)[nH]c6c5)CC\C4=C\F)cc3[nH]2)C[C@@H]2CCCC[C@@H]21. The predicted molar refractivity (Wildman–Crippen MR) is 293 cm³/mol. The number of rotatable bonds is 12. The van der Waals surface area contributed by atoms with Crippen LogP contribution in [-0.2, 0) is 31.9 Å². The van der Waals surface area contributed by atoms with Gasteiger partial charge in [0.15, 0.2) is 0 Å². The molecule has 77 heavy (non-hydrogen) atoms. The number of aryl methyl sites for hydroxylation is 2. The van der Waals surface area contributed by atoms with Crippen LogP contribution in [-0.4, -0.2) is 92.1 Å². The molecule has 2 saturated carbocycles. The Balaban J connectivity index is 0.904. The van der Waals surface area contributed by atoms with E-state index in [4.69, 9.17) is 19.4 Å².